The van der Waals surface area contributed by atoms with Gasteiger partial charge in [-0.15, -0.1) is 0 Å². The largest absolute Gasteiger partial charge is 0.314 e. The van der Waals surface area contributed by atoms with Gasteiger partial charge in [0.2, 0.25) is 15.9 Å². The average Bonchev–Trinajstić information content (AvgIpc) is 3.13. The molecule has 0 saturated carbocycles. The maximum atomic E-state index is 12.7. The number of carbonyl (C=O) groups excluding carboxylic acids is 1. The molecular formula is C16H23N3O3S2. The molecule has 0 bridgehead atoms. The minimum Gasteiger partial charge on any atom is -0.314 e. The van der Waals surface area contributed by atoms with Crippen LogP contribution < -0.4 is 10.2 Å². The molecule has 2 atom stereocenters. The summed E-state index contributed by atoms with van der Waals surface area (Å²) < 4.78 is 27.1. The third kappa shape index (κ3) is 3.61. The van der Waals surface area contributed by atoms with Gasteiger partial charge in [-0.05, 0) is 18.6 Å². The monoisotopic (exact) mass is 369 g/mol. The van der Waals surface area contributed by atoms with Crippen LogP contribution in [0.5, 0.6) is 0 Å². The quantitative estimate of drug-likeness (QED) is 0.849. The molecule has 2 heterocycles. The van der Waals surface area contributed by atoms with E-state index in [4.69, 9.17) is 0 Å². The number of sulfonamides is 1. The minimum absolute atomic E-state index is 0.0897. The van der Waals surface area contributed by atoms with Gasteiger partial charge in [0.1, 0.15) is 0 Å². The fourth-order valence-corrected chi connectivity index (χ4v) is 6.13. The fourth-order valence-electron chi connectivity index (χ4n) is 3.14. The molecule has 24 heavy (non-hydrogen) atoms. The van der Waals surface area contributed by atoms with Crippen molar-refractivity contribution in [2.24, 2.45) is 0 Å². The highest BCUT2D eigenvalue weighted by atomic mass is 32.2. The Morgan fingerprint density at radius 2 is 1.92 bits per heavy atom. The smallest absolute Gasteiger partial charge is 0.243 e. The van der Waals surface area contributed by atoms with Crippen LogP contribution in [0.25, 0.3) is 0 Å². The topological polar surface area (TPSA) is 69.7 Å². The highest BCUT2D eigenvalue weighted by Crippen LogP contribution is 2.23. The summed E-state index contributed by atoms with van der Waals surface area (Å²) in [5, 5.41) is 2.59. The molecule has 1 aromatic rings. The zero-order chi connectivity index (χ0) is 17.2. The second-order valence-corrected chi connectivity index (χ2v) is 9.55. The van der Waals surface area contributed by atoms with Crippen LogP contribution in [0.3, 0.4) is 0 Å². The van der Waals surface area contributed by atoms with E-state index in [1.165, 1.54) is 0 Å². The molecule has 0 aliphatic carbocycles. The van der Waals surface area contributed by atoms with Crippen molar-refractivity contribution in [1.82, 2.24) is 9.62 Å². The molecule has 2 saturated heterocycles. The molecule has 0 aromatic heterocycles. The first-order valence-electron chi connectivity index (χ1n) is 8.13. The van der Waals surface area contributed by atoms with Gasteiger partial charge in [-0.25, -0.2) is 8.42 Å². The Labute approximate surface area is 147 Å². The first kappa shape index (κ1) is 17.7. The number of carbonyl (C=O) groups is 1. The molecule has 8 heteroatoms. The van der Waals surface area contributed by atoms with Gasteiger partial charge in [0.05, 0.1) is 11.3 Å². The van der Waals surface area contributed by atoms with Crippen LogP contribution in [0.15, 0.2) is 30.3 Å². The molecular weight excluding hydrogens is 346 g/mol. The summed E-state index contributed by atoms with van der Waals surface area (Å²) in [6.07, 6.45) is 0.335. The van der Waals surface area contributed by atoms with Crippen LogP contribution >= 0.6 is 11.8 Å². The molecule has 1 amide bonds. The normalized spacial score (nSPS) is 25.5. The lowest BCUT2D eigenvalue weighted by Crippen LogP contribution is -2.44. The van der Waals surface area contributed by atoms with Crippen LogP contribution in [0.1, 0.15) is 6.42 Å². The molecule has 2 unspecified atom stereocenters. The van der Waals surface area contributed by atoms with Gasteiger partial charge in [0.15, 0.2) is 0 Å². The Kier molecular flexibility index (Phi) is 5.49. The van der Waals surface area contributed by atoms with Gasteiger partial charge in [0, 0.05) is 43.9 Å². The minimum atomic E-state index is -3.33. The fraction of sp³-hybridized carbons (Fsp3) is 0.562. The Morgan fingerprint density at radius 1 is 1.25 bits per heavy atom. The van der Waals surface area contributed by atoms with E-state index in [-0.39, 0.29) is 5.91 Å². The third-order valence-corrected chi connectivity index (χ3v) is 7.84. The lowest BCUT2D eigenvalue weighted by molar-refractivity contribution is -0.119. The number of hydrogen-bond acceptors (Lipinski definition) is 5. The van der Waals surface area contributed by atoms with Gasteiger partial charge in [-0.1, -0.05) is 18.2 Å². The lowest BCUT2D eigenvalue weighted by Gasteiger charge is -2.28. The molecule has 1 aromatic carbocycles. The number of likely N-dealkylation sites (N-methyl/N-ethyl adjacent to an activating group) is 1. The predicted octanol–water partition coefficient (Wildman–Crippen LogP) is 0.759. The molecule has 2 aliphatic rings. The molecule has 2 aliphatic heterocycles. The van der Waals surface area contributed by atoms with E-state index in [0.29, 0.717) is 26.1 Å². The SMILES string of the molecule is CN(C(=O)C1CC(S(=O)(=O)N2CCSCC2)CN1)c1ccccc1. The zero-order valence-electron chi connectivity index (χ0n) is 13.7. The van der Waals surface area contributed by atoms with E-state index < -0.39 is 21.3 Å². The number of thioether (sulfide) groups is 1. The number of benzene rings is 1. The van der Waals surface area contributed by atoms with E-state index >= 15 is 0 Å². The van der Waals surface area contributed by atoms with Crippen molar-refractivity contribution < 1.29 is 13.2 Å². The van der Waals surface area contributed by atoms with Crippen molar-refractivity contribution in [2.45, 2.75) is 17.7 Å². The van der Waals surface area contributed by atoms with Gasteiger partial charge in [-0.3, -0.25) is 4.79 Å². The van der Waals surface area contributed by atoms with Gasteiger partial charge < -0.3 is 10.2 Å². The van der Waals surface area contributed by atoms with Crippen molar-refractivity contribution in [3.8, 4) is 0 Å². The second-order valence-electron chi connectivity index (χ2n) is 6.11. The maximum Gasteiger partial charge on any atom is 0.243 e. The summed E-state index contributed by atoms with van der Waals surface area (Å²) in [6.45, 7) is 1.49. The summed E-state index contributed by atoms with van der Waals surface area (Å²) in [5.74, 6) is 1.60. The first-order chi connectivity index (χ1) is 11.5. The number of nitrogens with zero attached hydrogens (tertiary/aromatic N) is 2. The van der Waals surface area contributed by atoms with E-state index in [2.05, 4.69) is 5.32 Å². The zero-order valence-corrected chi connectivity index (χ0v) is 15.4. The Balaban J connectivity index is 1.65. The van der Waals surface area contributed by atoms with Crippen molar-refractivity contribution >= 4 is 33.4 Å². The molecule has 0 spiro atoms. The molecule has 2 fully saturated rings. The summed E-state index contributed by atoms with van der Waals surface area (Å²) in [7, 11) is -1.61. The van der Waals surface area contributed by atoms with E-state index in [1.807, 2.05) is 30.3 Å². The van der Waals surface area contributed by atoms with Gasteiger partial charge in [0.25, 0.3) is 0 Å². The van der Waals surface area contributed by atoms with Crippen molar-refractivity contribution in [3.63, 3.8) is 0 Å². The molecule has 0 radical (unpaired) electrons. The third-order valence-electron chi connectivity index (χ3n) is 4.61. The van der Waals surface area contributed by atoms with E-state index in [0.717, 1.165) is 17.2 Å². The Morgan fingerprint density at radius 3 is 2.58 bits per heavy atom. The standard InChI is InChI=1S/C16H23N3O3S2/c1-18(13-5-3-2-4-6-13)16(20)15-11-14(12-17-15)24(21,22)19-7-9-23-10-8-19/h2-6,14-15,17H,7-12H2,1H3. The van der Waals surface area contributed by atoms with Crippen LogP contribution in [-0.4, -0.2) is 68.1 Å². The number of para-hydroxylation sites is 1. The lowest BCUT2D eigenvalue weighted by atomic mass is 10.2. The summed E-state index contributed by atoms with van der Waals surface area (Å²) >= 11 is 1.78. The van der Waals surface area contributed by atoms with E-state index in [1.54, 1.807) is 28.0 Å². The highest BCUT2D eigenvalue weighted by Gasteiger charge is 2.41. The second kappa shape index (κ2) is 7.43. The summed E-state index contributed by atoms with van der Waals surface area (Å²) in [6, 6.07) is 8.94. The number of anilines is 1. The summed E-state index contributed by atoms with van der Waals surface area (Å²) in [5.41, 5.74) is 0.809. The predicted molar refractivity (Wildman–Crippen MR) is 97.9 cm³/mol. The average molecular weight is 370 g/mol. The Bertz CT molecular complexity index is 675. The number of nitrogens with one attached hydrogen (secondary N) is 1. The van der Waals surface area contributed by atoms with Gasteiger partial charge in [-0.2, -0.15) is 16.1 Å². The number of amides is 1. The van der Waals surface area contributed by atoms with Gasteiger partial charge >= 0.3 is 0 Å². The number of rotatable bonds is 4. The highest BCUT2D eigenvalue weighted by molar-refractivity contribution is 7.99. The first-order valence-corrected chi connectivity index (χ1v) is 10.8. The van der Waals surface area contributed by atoms with Crippen LogP contribution in [-0.2, 0) is 14.8 Å². The van der Waals surface area contributed by atoms with Crippen molar-refractivity contribution in [3.05, 3.63) is 30.3 Å². The molecule has 3 rings (SSSR count). The van der Waals surface area contributed by atoms with Crippen LogP contribution in [0, 0.1) is 0 Å². The molecule has 132 valence electrons. The van der Waals surface area contributed by atoms with Crippen LogP contribution in [0.4, 0.5) is 5.69 Å². The van der Waals surface area contributed by atoms with Crippen molar-refractivity contribution in [2.75, 3.05) is 43.1 Å². The molecule has 6 nitrogen and oxygen atoms in total. The Hall–Kier alpha value is -1.09. The maximum absolute atomic E-state index is 12.7. The molecule has 1 N–H and O–H groups in total. The van der Waals surface area contributed by atoms with E-state index in [9.17, 15) is 13.2 Å². The van der Waals surface area contributed by atoms with Crippen molar-refractivity contribution in [1.29, 1.82) is 0 Å². The van der Waals surface area contributed by atoms with Crippen LogP contribution in [0.2, 0.25) is 0 Å². The number of hydrogen-bond donors (Lipinski definition) is 1. The summed E-state index contributed by atoms with van der Waals surface area (Å²) in [4.78, 5) is 14.2.